The molecule has 0 unspecified atom stereocenters. The zero-order valence-corrected chi connectivity index (χ0v) is 23.4. The summed E-state index contributed by atoms with van der Waals surface area (Å²) in [6, 6.07) is 20.6. The number of sulfonamides is 1. The van der Waals surface area contributed by atoms with E-state index in [2.05, 4.69) is 5.32 Å². The third kappa shape index (κ3) is 6.61. The number of halogens is 1. The molecule has 0 aliphatic heterocycles. The molecule has 3 aromatic rings. The van der Waals surface area contributed by atoms with Gasteiger partial charge in [-0.1, -0.05) is 54.1 Å². The van der Waals surface area contributed by atoms with Gasteiger partial charge in [0.2, 0.25) is 15.9 Å². The van der Waals surface area contributed by atoms with Gasteiger partial charge in [0.05, 0.1) is 35.6 Å². The second kappa shape index (κ2) is 12.2. The number of carbonyl (C=O) groups excluding carboxylic acids is 2. The summed E-state index contributed by atoms with van der Waals surface area (Å²) in [6.07, 6.45) is 1.87. The summed E-state index contributed by atoms with van der Waals surface area (Å²) < 4.78 is 38.6. The van der Waals surface area contributed by atoms with Crippen LogP contribution in [0.5, 0.6) is 5.75 Å². The quantitative estimate of drug-likeness (QED) is 0.313. The monoisotopic (exact) mass is 570 g/mol. The number of methoxy groups -OCH3 is 1. The number of nitrogens with zero attached hydrogens (tertiary/aromatic N) is 1. The van der Waals surface area contributed by atoms with E-state index in [0.717, 1.165) is 28.3 Å². The van der Waals surface area contributed by atoms with Crippen molar-refractivity contribution in [3.63, 3.8) is 0 Å². The van der Waals surface area contributed by atoms with Gasteiger partial charge in [-0.05, 0) is 67.6 Å². The lowest BCUT2D eigenvalue weighted by Gasteiger charge is -2.22. The number of benzene rings is 3. The van der Waals surface area contributed by atoms with Crippen molar-refractivity contribution < 1.29 is 27.5 Å². The Morgan fingerprint density at radius 2 is 1.72 bits per heavy atom. The van der Waals surface area contributed by atoms with E-state index in [9.17, 15) is 18.0 Å². The molecule has 1 amide bonds. The SMILES string of the molecule is CCOC(=O)C1(c2ccc(NC(=O)CN(CCc3ccccc3)S(=O)(=O)c3ccc(OC)c(Cl)c3)cc2)CC1. The Morgan fingerprint density at radius 1 is 1.03 bits per heavy atom. The maximum absolute atomic E-state index is 13.6. The highest BCUT2D eigenvalue weighted by Gasteiger charge is 2.52. The van der Waals surface area contributed by atoms with Gasteiger partial charge in [-0.25, -0.2) is 8.42 Å². The van der Waals surface area contributed by atoms with Crippen molar-refractivity contribution in [2.24, 2.45) is 0 Å². The highest BCUT2D eigenvalue weighted by molar-refractivity contribution is 7.89. The van der Waals surface area contributed by atoms with Crippen molar-refractivity contribution in [2.75, 3.05) is 32.1 Å². The van der Waals surface area contributed by atoms with Gasteiger partial charge >= 0.3 is 5.97 Å². The molecule has 0 heterocycles. The predicted molar refractivity (Wildman–Crippen MR) is 150 cm³/mol. The van der Waals surface area contributed by atoms with E-state index >= 15 is 0 Å². The van der Waals surface area contributed by atoms with Crippen LogP contribution in [0.15, 0.2) is 77.7 Å². The minimum atomic E-state index is -4.06. The Balaban J connectivity index is 1.50. The Hall–Kier alpha value is -3.40. The third-order valence-electron chi connectivity index (χ3n) is 6.71. The fourth-order valence-corrected chi connectivity index (χ4v) is 6.12. The number of hydrogen-bond acceptors (Lipinski definition) is 6. The molecule has 3 aromatic carbocycles. The summed E-state index contributed by atoms with van der Waals surface area (Å²) in [5.41, 5.74) is 1.66. The number of hydrogen-bond donors (Lipinski definition) is 1. The molecule has 1 fully saturated rings. The molecule has 0 atom stereocenters. The van der Waals surface area contributed by atoms with Gasteiger partial charge in [-0.3, -0.25) is 9.59 Å². The molecule has 1 saturated carbocycles. The van der Waals surface area contributed by atoms with E-state index in [1.807, 2.05) is 30.3 Å². The van der Waals surface area contributed by atoms with Crippen molar-refractivity contribution in [2.45, 2.75) is 36.5 Å². The molecule has 39 heavy (non-hydrogen) atoms. The summed E-state index contributed by atoms with van der Waals surface area (Å²) in [7, 11) is -2.61. The van der Waals surface area contributed by atoms with Crippen LogP contribution in [0.2, 0.25) is 5.02 Å². The zero-order valence-electron chi connectivity index (χ0n) is 21.9. The summed E-state index contributed by atoms with van der Waals surface area (Å²) in [5.74, 6) is -0.381. The Bertz CT molecular complexity index is 1420. The first-order valence-electron chi connectivity index (χ1n) is 12.6. The van der Waals surface area contributed by atoms with E-state index in [-0.39, 0.29) is 22.4 Å². The number of carbonyl (C=O) groups is 2. The predicted octanol–water partition coefficient (Wildman–Crippen LogP) is 4.82. The van der Waals surface area contributed by atoms with Crippen LogP contribution in [-0.4, -0.2) is 51.4 Å². The standard InChI is InChI=1S/C29H31ClN2O6S/c1-3-38-28(34)29(16-17-29)22-9-11-23(12-10-22)31-27(33)20-32(18-15-21-7-5-4-6-8-21)39(35,36)24-13-14-26(37-2)25(30)19-24/h4-14,19H,3,15-18,20H2,1-2H3,(H,31,33). The van der Waals surface area contributed by atoms with E-state index in [1.165, 1.54) is 25.3 Å². The van der Waals surface area contributed by atoms with Crippen LogP contribution in [0.4, 0.5) is 5.69 Å². The largest absolute Gasteiger partial charge is 0.495 e. The molecular formula is C29H31ClN2O6S. The first-order chi connectivity index (χ1) is 18.7. The molecule has 206 valence electrons. The molecule has 10 heteroatoms. The van der Waals surface area contributed by atoms with Gasteiger partial charge < -0.3 is 14.8 Å². The minimum Gasteiger partial charge on any atom is -0.495 e. The van der Waals surface area contributed by atoms with Crippen LogP contribution in [-0.2, 0) is 36.2 Å². The van der Waals surface area contributed by atoms with Gasteiger partial charge in [0.15, 0.2) is 0 Å². The lowest BCUT2D eigenvalue weighted by Crippen LogP contribution is -2.39. The molecule has 1 aliphatic carbocycles. The smallest absolute Gasteiger partial charge is 0.316 e. The van der Waals surface area contributed by atoms with Crippen LogP contribution >= 0.6 is 11.6 Å². The van der Waals surface area contributed by atoms with Crippen molar-refractivity contribution in [3.8, 4) is 5.75 Å². The number of anilines is 1. The van der Waals surface area contributed by atoms with Crippen LogP contribution in [0.1, 0.15) is 30.9 Å². The summed E-state index contributed by atoms with van der Waals surface area (Å²) in [4.78, 5) is 25.4. The van der Waals surface area contributed by atoms with Crippen LogP contribution in [0, 0.1) is 0 Å². The Labute approximate surface area is 233 Å². The molecule has 1 aliphatic rings. The highest BCUT2D eigenvalue weighted by Crippen LogP contribution is 2.49. The highest BCUT2D eigenvalue weighted by atomic mass is 35.5. The first kappa shape index (κ1) is 28.6. The minimum absolute atomic E-state index is 0.0350. The summed E-state index contributed by atoms with van der Waals surface area (Å²) >= 11 is 6.20. The molecule has 0 spiro atoms. The number of esters is 1. The Morgan fingerprint density at radius 3 is 2.31 bits per heavy atom. The number of nitrogens with one attached hydrogen (secondary N) is 1. The lowest BCUT2D eigenvalue weighted by molar-refractivity contribution is -0.146. The average molecular weight is 571 g/mol. The summed E-state index contributed by atoms with van der Waals surface area (Å²) in [6.45, 7) is 1.79. The first-order valence-corrected chi connectivity index (χ1v) is 14.5. The molecule has 0 aromatic heterocycles. The van der Waals surface area contributed by atoms with Crippen LogP contribution in [0.25, 0.3) is 0 Å². The molecule has 0 radical (unpaired) electrons. The van der Waals surface area contributed by atoms with Crippen LogP contribution in [0.3, 0.4) is 0 Å². The van der Waals surface area contributed by atoms with Gasteiger partial charge in [-0.15, -0.1) is 0 Å². The zero-order chi connectivity index (χ0) is 28.0. The van der Waals surface area contributed by atoms with Crippen molar-refractivity contribution in [3.05, 3.63) is 88.9 Å². The average Bonchev–Trinajstić information content (AvgIpc) is 3.74. The number of rotatable bonds is 12. The maximum atomic E-state index is 13.6. The molecular weight excluding hydrogens is 540 g/mol. The second-order valence-electron chi connectivity index (χ2n) is 9.30. The summed E-state index contributed by atoms with van der Waals surface area (Å²) in [5, 5.41) is 2.92. The van der Waals surface area contributed by atoms with Gasteiger partial charge in [-0.2, -0.15) is 4.31 Å². The third-order valence-corrected chi connectivity index (χ3v) is 8.85. The number of amides is 1. The van der Waals surface area contributed by atoms with Gasteiger partial charge in [0, 0.05) is 12.2 Å². The fraction of sp³-hybridized carbons (Fsp3) is 0.310. The number of ether oxygens (including phenoxy) is 2. The second-order valence-corrected chi connectivity index (χ2v) is 11.6. The molecule has 0 saturated heterocycles. The van der Waals surface area contributed by atoms with Crippen molar-refractivity contribution >= 4 is 39.2 Å². The van der Waals surface area contributed by atoms with Gasteiger partial charge in [0.25, 0.3) is 0 Å². The fourth-order valence-electron chi connectivity index (χ4n) is 4.38. The Kier molecular flexibility index (Phi) is 8.94. The van der Waals surface area contributed by atoms with Crippen molar-refractivity contribution in [1.29, 1.82) is 0 Å². The topological polar surface area (TPSA) is 102 Å². The van der Waals surface area contributed by atoms with Crippen molar-refractivity contribution in [1.82, 2.24) is 4.31 Å². The molecule has 4 rings (SSSR count). The lowest BCUT2D eigenvalue weighted by atomic mass is 9.96. The normalized spacial score (nSPS) is 14.1. The van der Waals surface area contributed by atoms with E-state index in [1.54, 1.807) is 31.2 Å². The van der Waals surface area contributed by atoms with E-state index < -0.39 is 27.9 Å². The van der Waals surface area contributed by atoms with E-state index in [4.69, 9.17) is 21.1 Å². The molecule has 8 nitrogen and oxygen atoms in total. The maximum Gasteiger partial charge on any atom is 0.316 e. The van der Waals surface area contributed by atoms with E-state index in [0.29, 0.717) is 24.5 Å². The van der Waals surface area contributed by atoms with Crippen LogP contribution < -0.4 is 10.1 Å². The van der Waals surface area contributed by atoms with Gasteiger partial charge in [0.1, 0.15) is 5.75 Å². The molecule has 0 bridgehead atoms. The molecule has 1 N–H and O–H groups in total.